The van der Waals surface area contributed by atoms with E-state index in [1.165, 1.54) is 25.1 Å². The number of benzene rings is 2. The first kappa shape index (κ1) is 14.1. The number of aryl methyl sites for hydroxylation is 1. The van der Waals surface area contributed by atoms with Crippen molar-refractivity contribution in [2.75, 3.05) is 0 Å². The number of hydrogen-bond acceptors (Lipinski definition) is 1. The van der Waals surface area contributed by atoms with Gasteiger partial charge >= 0.3 is 0 Å². The van der Waals surface area contributed by atoms with Crippen LogP contribution in [-0.2, 0) is 0 Å². The minimum Gasteiger partial charge on any atom is -0.383 e. The molecule has 2 rings (SSSR count). The van der Waals surface area contributed by atoms with Gasteiger partial charge < -0.3 is 5.11 Å². The van der Waals surface area contributed by atoms with E-state index >= 15 is 0 Å². The molecule has 19 heavy (non-hydrogen) atoms. The summed E-state index contributed by atoms with van der Waals surface area (Å²) >= 11 is 3.12. The van der Waals surface area contributed by atoms with Crippen molar-refractivity contribution in [1.82, 2.24) is 0 Å². The summed E-state index contributed by atoms with van der Waals surface area (Å²) in [6.45, 7) is 1.45. The molecule has 1 unspecified atom stereocenters. The van der Waals surface area contributed by atoms with Crippen LogP contribution in [0.1, 0.15) is 22.8 Å². The van der Waals surface area contributed by atoms with Crippen LogP contribution >= 0.6 is 15.9 Å². The van der Waals surface area contributed by atoms with Gasteiger partial charge in [0.15, 0.2) is 0 Å². The molecule has 0 fully saturated rings. The van der Waals surface area contributed by atoms with Gasteiger partial charge in [0.05, 0.1) is 5.56 Å². The predicted molar refractivity (Wildman–Crippen MR) is 69.3 cm³/mol. The summed E-state index contributed by atoms with van der Waals surface area (Å²) in [5.41, 5.74) is -0.541. The molecular weight excluding hydrogens is 321 g/mol. The van der Waals surface area contributed by atoms with Crippen LogP contribution in [0, 0.1) is 24.4 Å². The summed E-state index contributed by atoms with van der Waals surface area (Å²) in [7, 11) is 0. The largest absolute Gasteiger partial charge is 0.383 e. The van der Waals surface area contributed by atoms with Crippen LogP contribution in [0.15, 0.2) is 34.8 Å². The molecule has 1 atom stereocenters. The third-order valence-electron chi connectivity index (χ3n) is 2.85. The van der Waals surface area contributed by atoms with Gasteiger partial charge in [-0.1, -0.05) is 22.0 Å². The Morgan fingerprint density at radius 1 is 1.05 bits per heavy atom. The van der Waals surface area contributed by atoms with E-state index in [1.54, 1.807) is 0 Å². The second kappa shape index (κ2) is 5.35. The molecule has 0 amide bonds. The first-order chi connectivity index (χ1) is 8.91. The topological polar surface area (TPSA) is 20.2 Å². The van der Waals surface area contributed by atoms with Crippen molar-refractivity contribution in [2.24, 2.45) is 0 Å². The highest BCUT2D eigenvalue weighted by atomic mass is 79.9. The fourth-order valence-corrected chi connectivity index (χ4v) is 2.19. The molecule has 100 valence electrons. The number of aliphatic hydroxyl groups is 1. The Kier molecular flexibility index (Phi) is 3.96. The summed E-state index contributed by atoms with van der Waals surface area (Å²) in [4.78, 5) is 0. The lowest BCUT2D eigenvalue weighted by Gasteiger charge is -2.15. The minimum absolute atomic E-state index is 0.183. The fourth-order valence-electron chi connectivity index (χ4n) is 1.81. The smallest absolute Gasteiger partial charge is 0.135 e. The van der Waals surface area contributed by atoms with Gasteiger partial charge in [-0.25, -0.2) is 13.2 Å². The van der Waals surface area contributed by atoms with Gasteiger partial charge in [-0.2, -0.15) is 0 Å². The zero-order chi connectivity index (χ0) is 14.2. The van der Waals surface area contributed by atoms with Crippen molar-refractivity contribution in [3.63, 3.8) is 0 Å². The quantitative estimate of drug-likeness (QED) is 0.872. The average Bonchev–Trinajstić information content (AvgIpc) is 2.37. The zero-order valence-electron chi connectivity index (χ0n) is 9.92. The van der Waals surface area contributed by atoms with E-state index in [0.717, 1.165) is 12.1 Å². The summed E-state index contributed by atoms with van der Waals surface area (Å²) in [5.74, 6) is -2.50. The van der Waals surface area contributed by atoms with Gasteiger partial charge in [0.1, 0.15) is 23.6 Å². The van der Waals surface area contributed by atoms with Crippen molar-refractivity contribution in [1.29, 1.82) is 0 Å². The Bertz CT molecular complexity index is 628. The summed E-state index contributed by atoms with van der Waals surface area (Å²) in [6, 6.07) is 6.16. The Balaban J connectivity index is 2.59. The number of rotatable bonds is 2. The second-order valence-electron chi connectivity index (χ2n) is 4.16. The second-order valence-corrected chi connectivity index (χ2v) is 5.08. The molecule has 2 aromatic carbocycles. The lowest BCUT2D eigenvalue weighted by molar-refractivity contribution is 0.203. The molecule has 2 aromatic rings. The highest BCUT2D eigenvalue weighted by Crippen LogP contribution is 2.31. The number of hydrogen-bond donors (Lipinski definition) is 1. The highest BCUT2D eigenvalue weighted by Gasteiger charge is 2.23. The van der Waals surface area contributed by atoms with E-state index in [4.69, 9.17) is 0 Å². The minimum atomic E-state index is -1.70. The maximum Gasteiger partial charge on any atom is 0.135 e. The lowest BCUT2D eigenvalue weighted by Crippen LogP contribution is -2.09. The van der Waals surface area contributed by atoms with Crippen LogP contribution in [0.2, 0.25) is 0 Å². The summed E-state index contributed by atoms with van der Waals surface area (Å²) < 4.78 is 41.7. The van der Waals surface area contributed by atoms with Crippen molar-refractivity contribution in [3.05, 3.63) is 68.9 Å². The lowest BCUT2D eigenvalue weighted by atomic mass is 9.98. The van der Waals surface area contributed by atoms with E-state index in [-0.39, 0.29) is 11.1 Å². The van der Waals surface area contributed by atoms with Crippen molar-refractivity contribution >= 4 is 15.9 Å². The van der Waals surface area contributed by atoms with Crippen LogP contribution < -0.4 is 0 Å². The molecule has 0 spiro atoms. The SMILES string of the molecule is Cc1ccc(F)c(C(O)c2cc(Br)ccc2F)c1F. The average molecular weight is 331 g/mol. The normalized spacial score (nSPS) is 12.5. The van der Waals surface area contributed by atoms with Crippen molar-refractivity contribution < 1.29 is 18.3 Å². The van der Waals surface area contributed by atoms with Gasteiger partial charge in [0.2, 0.25) is 0 Å². The molecule has 0 aliphatic carbocycles. The fraction of sp³-hybridized carbons (Fsp3) is 0.143. The molecule has 1 N–H and O–H groups in total. The van der Waals surface area contributed by atoms with Crippen LogP contribution in [0.4, 0.5) is 13.2 Å². The number of halogens is 4. The van der Waals surface area contributed by atoms with Crippen molar-refractivity contribution in [2.45, 2.75) is 13.0 Å². The third kappa shape index (κ3) is 2.67. The molecule has 0 aromatic heterocycles. The Hall–Kier alpha value is -1.33. The molecule has 1 nitrogen and oxygen atoms in total. The molecule has 5 heteroatoms. The molecule has 0 aliphatic rings. The maximum atomic E-state index is 13.9. The van der Waals surface area contributed by atoms with Crippen molar-refractivity contribution in [3.8, 4) is 0 Å². The van der Waals surface area contributed by atoms with Gasteiger partial charge in [-0.3, -0.25) is 0 Å². The molecule has 0 saturated heterocycles. The van der Waals surface area contributed by atoms with Crippen LogP contribution in [0.5, 0.6) is 0 Å². The molecule has 0 heterocycles. The molecule has 0 radical (unpaired) electrons. The first-order valence-corrected chi connectivity index (χ1v) is 6.28. The van der Waals surface area contributed by atoms with E-state index in [2.05, 4.69) is 15.9 Å². The summed E-state index contributed by atoms with van der Waals surface area (Å²) in [6.07, 6.45) is -1.70. The van der Waals surface area contributed by atoms with E-state index in [0.29, 0.717) is 4.47 Å². The molecular formula is C14H10BrF3O. The molecule has 0 bridgehead atoms. The standard InChI is InChI=1S/C14H10BrF3O/c1-7-2-4-11(17)12(13(7)18)14(19)9-6-8(15)3-5-10(9)16/h2-6,14,19H,1H3. The Labute approximate surface area is 116 Å². The van der Waals surface area contributed by atoms with Gasteiger partial charge in [0.25, 0.3) is 0 Å². The highest BCUT2D eigenvalue weighted by molar-refractivity contribution is 9.10. The monoisotopic (exact) mass is 330 g/mol. The van der Waals surface area contributed by atoms with Crippen LogP contribution in [-0.4, -0.2) is 5.11 Å². The van der Waals surface area contributed by atoms with E-state index in [9.17, 15) is 18.3 Å². The Morgan fingerprint density at radius 3 is 2.37 bits per heavy atom. The zero-order valence-corrected chi connectivity index (χ0v) is 11.5. The molecule has 0 aliphatic heterocycles. The summed E-state index contributed by atoms with van der Waals surface area (Å²) in [5, 5.41) is 10.0. The van der Waals surface area contributed by atoms with Gasteiger partial charge in [-0.15, -0.1) is 0 Å². The Morgan fingerprint density at radius 2 is 1.68 bits per heavy atom. The van der Waals surface area contributed by atoms with Gasteiger partial charge in [-0.05, 0) is 36.8 Å². The molecule has 0 saturated carbocycles. The first-order valence-electron chi connectivity index (χ1n) is 5.49. The third-order valence-corrected chi connectivity index (χ3v) is 3.34. The maximum absolute atomic E-state index is 13.9. The van der Waals surface area contributed by atoms with Crippen LogP contribution in [0.3, 0.4) is 0 Å². The van der Waals surface area contributed by atoms with Crippen LogP contribution in [0.25, 0.3) is 0 Å². The van der Waals surface area contributed by atoms with E-state index in [1.807, 2.05) is 0 Å². The predicted octanol–water partition coefficient (Wildman–Crippen LogP) is 4.26. The number of aliphatic hydroxyl groups excluding tert-OH is 1. The van der Waals surface area contributed by atoms with Gasteiger partial charge in [0, 0.05) is 10.0 Å². The van der Waals surface area contributed by atoms with E-state index < -0.39 is 29.1 Å².